The third-order valence-corrected chi connectivity index (χ3v) is 9.23. The van der Waals surface area contributed by atoms with Crippen LogP contribution in [0.3, 0.4) is 0 Å². The highest BCUT2D eigenvalue weighted by Gasteiger charge is 2.42. The van der Waals surface area contributed by atoms with Crippen molar-refractivity contribution in [3.8, 4) is 28.0 Å². The first-order chi connectivity index (χ1) is 23.2. The van der Waals surface area contributed by atoms with Crippen molar-refractivity contribution in [3.63, 3.8) is 0 Å². The van der Waals surface area contributed by atoms with E-state index in [2.05, 4.69) is 4.90 Å². The van der Waals surface area contributed by atoms with Crippen LogP contribution in [-0.2, 0) is 17.5 Å². The molecule has 0 radical (unpaired) electrons. The second kappa shape index (κ2) is 12.7. The van der Waals surface area contributed by atoms with Gasteiger partial charge in [0.2, 0.25) is 0 Å². The van der Waals surface area contributed by atoms with Gasteiger partial charge in [-0.15, -0.1) is 0 Å². The molecule has 2 fully saturated rings. The van der Waals surface area contributed by atoms with Gasteiger partial charge in [-0.3, -0.25) is 4.90 Å². The number of carbonyl (C=O) groups excluding carboxylic acids is 1. The Hall–Kier alpha value is -5.13. The molecule has 2 saturated heterocycles. The summed E-state index contributed by atoms with van der Waals surface area (Å²) in [5.41, 5.74) is 3.69. The molecular formula is C37H35F4N3O5. The molecule has 8 nitrogen and oxygen atoms in total. The van der Waals surface area contributed by atoms with Gasteiger partial charge in [-0.25, -0.2) is 19.0 Å². The molecule has 2 aliphatic rings. The van der Waals surface area contributed by atoms with E-state index < -0.39 is 41.8 Å². The van der Waals surface area contributed by atoms with Gasteiger partial charge in [0.05, 0.1) is 36.5 Å². The normalized spacial score (nSPS) is 17.6. The van der Waals surface area contributed by atoms with Gasteiger partial charge in [-0.05, 0) is 104 Å². The van der Waals surface area contributed by atoms with E-state index in [1.807, 2.05) is 13.0 Å². The first-order valence-electron chi connectivity index (χ1n) is 15.8. The molecule has 0 unspecified atom stereocenters. The molecule has 2 aliphatic heterocycles. The molecule has 3 heterocycles. The van der Waals surface area contributed by atoms with Crippen LogP contribution in [0.1, 0.15) is 63.3 Å². The van der Waals surface area contributed by atoms with Gasteiger partial charge in [0, 0.05) is 24.2 Å². The number of aromatic nitrogens is 1. The monoisotopic (exact) mass is 677 g/mol. The molecule has 0 spiro atoms. The molecule has 2 atom stereocenters. The number of alkyl halides is 3. The molecule has 1 amide bonds. The van der Waals surface area contributed by atoms with E-state index >= 15 is 4.39 Å². The van der Waals surface area contributed by atoms with Crippen molar-refractivity contribution >= 4 is 17.9 Å². The minimum atomic E-state index is -4.57. The van der Waals surface area contributed by atoms with Crippen molar-refractivity contribution in [1.82, 2.24) is 9.88 Å². The summed E-state index contributed by atoms with van der Waals surface area (Å²) in [6.45, 7) is 8.38. The summed E-state index contributed by atoms with van der Waals surface area (Å²) in [6.07, 6.45) is -5.26. The first kappa shape index (κ1) is 33.8. The Kier molecular flexibility index (Phi) is 8.76. The zero-order chi connectivity index (χ0) is 35.4. The molecule has 6 rings (SSSR count). The van der Waals surface area contributed by atoms with Gasteiger partial charge >= 0.3 is 18.2 Å². The van der Waals surface area contributed by atoms with E-state index in [1.165, 1.54) is 30.2 Å². The van der Waals surface area contributed by atoms with Crippen molar-refractivity contribution in [2.24, 2.45) is 0 Å². The minimum Gasteiger partial charge on any atom is -0.493 e. The molecule has 4 aromatic rings. The fraction of sp³-hybridized carbons (Fsp3) is 0.324. The fourth-order valence-electron chi connectivity index (χ4n) is 6.63. The number of hydrogen-bond acceptors (Lipinski definition) is 6. The highest BCUT2D eigenvalue weighted by molar-refractivity contribution is 5.89. The number of anilines is 1. The van der Waals surface area contributed by atoms with Crippen molar-refractivity contribution in [2.45, 2.75) is 59.0 Å². The van der Waals surface area contributed by atoms with Crippen LogP contribution in [0.2, 0.25) is 0 Å². The maximum absolute atomic E-state index is 15.9. The van der Waals surface area contributed by atoms with Crippen molar-refractivity contribution in [3.05, 3.63) is 99.5 Å². The van der Waals surface area contributed by atoms with E-state index in [9.17, 15) is 27.9 Å². The number of rotatable bonds is 8. The Morgan fingerprint density at radius 1 is 1.02 bits per heavy atom. The summed E-state index contributed by atoms with van der Waals surface area (Å²) < 4.78 is 68.1. The third kappa shape index (κ3) is 6.39. The van der Waals surface area contributed by atoms with Crippen LogP contribution in [-0.4, -0.2) is 53.3 Å². The molecule has 1 aromatic heterocycles. The molecular weight excluding hydrogens is 642 g/mol. The quantitative estimate of drug-likeness (QED) is 0.187. The molecule has 0 bridgehead atoms. The lowest BCUT2D eigenvalue weighted by atomic mass is 9.91. The van der Waals surface area contributed by atoms with Gasteiger partial charge in [0.1, 0.15) is 11.9 Å². The maximum Gasteiger partial charge on any atom is 0.416 e. The highest BCUT2D eigenvalue weighted by Crippen LogP contribution is 2.43. The SMILES string of the molecule is COc1c(F)cc(-c2ccc(C(=O)O)cc2C)cc1-c1c(C)cc(N2CCC2)nc1CN1C(=O)O[C@H](c2cc(C)cc(C(F)(F)F)c2)[C@@H]1C. The summed E-state index contributed by atoms with van der Waals surface area (Å²) in [5, 5.41) is 9.44. The lowest BCUT2D eigenvalue weighted by Crippen LogP contribution is -2.38. The average Bonchev–Trinajstić information content (AvgIpc) is 3.27. The Labute approximate surface area is 280 Å². The maximum atomic E-state index is 15.9. The summed E-state index contributed by atoms with van der Waals surface area (Å²) in [4.78, 5) is 33.4. The van der Waals surface area contributed by atoms with E-state index in [0.717, 1.165) is 37.2 Å². The Morgan fingerprint density at radius 2 is 1.76 bits per heavy atom. The lowest BCUT2D eigenvalue weighted by Gasteiger charge is -2.33. The van der Waals surface area contributed by atoms with Crippen molar-refractivity contribution < 1.29 is 41.7 Å². The summed E-state index contributed by atoms with van der Waals surface area (Å²) in [7, 11) is 1.35. The Balaban J connectivity index is 1.45. The number of carboxylic acids is 1. The number of pyridine rings is 1. The Bertz CT molecular complexity index is 1970. The fourth-order valence-corrected chi connectivity index (χ4v) is 6.63. The number of ether oxygens (including phenoxy) is 2. The first-order valence-corrected chi connectivity index (χ1v) is 15.8. The van der Waals surface area contributed by atoms with Crippen LogP contribution in [0.5, 0.6) is 5.75 Å². The number of hydrogen-bond donors (Lipinski definition) is 1. The zero-order valence-corrected chi connectivity index (χ0v) is 27.6. The number of aryl methyl sites for hydroxylation is 3. The van der Waals surface area contributed by atoms with Gasteiger partial charge in [0.25, 0.3) is 0 Å². The summed E-state index contributed by atoms with van der Waals surface area (Å²) >= 11 is 0. The van der Waals surface area contributed by atoms with Crippen molar-refractivity contribution in [1.29, 1.82) is 0 Å². The number of carboxylic acid groups (broad SMARTS) is 1. The number of carbonyl (C=O) groups is 2. The van der Waals surface area contributed by atoms with Crippen LogP contribution in [0.25, 0.3) is 22.3 Å². The molecule has 256 valence electrons. The smallest absolute Gasteiger partial charge is 0.416 e. The average molecular weight is 678 g/mol. The van der Waals surface area contributed by atoms with Crippen LogP contribution >= 0.6 is 0 Å². The molecule has 0 saturated carbocycles. The molecule has 0 aliphatic carbocycles. The van der Waals surface area contributed by atoms with Gasteiger partial charge < -0.3 is 19.5 Å². The number of methoxy groups -OCH3 is 1. The molecule has 12 heteroatoms. The number of halogens is 4. The lowest BCUT2D eigenvalue weighted by molar-refractivity contribution is -0.137. The van der Waals surface area contributed by atoms with E-state index in [1.54, 1.807) is 39.0 Å². The van der Waals surface area contributed by atoms with Crippen LogP contribution in [0.15, 0.2) is 54.6 Å². The largest absolute Gasteiger partial charge is 0.493 e. The summed E-state index contributed by atoms with van der Waals surface area (Å²) in [6, 6.07) is 12.5. The van der Waals surface area contributed by atoms with E-state index in [4.69, 9.17) is 14.5 Å². The van der Waals surface area contributed by atoms with Gasteiger partial charge in [0.15, 0.2) is 11.6 Å². The minimum absolute atomic E-state index is 0.0410. The number of cyclic esters (lactones) is 1. The number of nitrogens with zero attached hydrogens (tertiary/aromatic N) is 3. The van der Waals surface area contributed by atoms with Gasteiger partial charge in [-0.2, -0.15) is 13.2 Å². The summed E-state index contributed by atoms with van der Waals surface area (Å²) in [5.74, 6) is -1.09. The van der Waals surface area contributed by atoms with Gasteiger partial charge in [-0.1, -0.05) is 17.7 Å². The van der Waals surface area contributed by atoms with Crippen LogP contribution < -0.4 is 9.64 Å². The predicted octanol–water partition coefficient (Wildman–Crippen LogP) is 8.50. The van der Waals surface area contributed by atoms with Crippen LogP contribution in [0, 0.1) is 26.6 Å². The Morgan fingerprint density at radius 3 is 2.37 bits per heavy atom. The number of aromatic carboxylic acids is 1. The van der Waals surface area contributed by atoms with Crippen molar-refractivity contribution in [2.75, 3.05) is 25.1 Å². The molecule has 3 aromatic carbocycles. The topological polar surface area (TPSA) is 92.2 Å². The van der Waals surface area contributed by atoms with Crippen LogP contribution in [0.4, 0.5) is 28.2 Å². The standard InChI is InChI=1S/C37H35F4N3O5/c1-19-11-25(15-26(12-19)37(39,40)41)33-22(4)44(36(47)49-33)18-30-32(21(3)14-31(42-30)43-9-6-10-43)28-16-24(17-29(38)34(28)48-5)27-8-7-23(35(45)46)13-20(27)2/h7-8,11-17,22,33H,6,9-10,18H2,1-5H3,(H,45,46)/t22-,33-/m0/s1. The zero-order valence-electron chi connectivity index (χ0n) is 27.6. The highest BCUT2D eigenvalue weighted by atomic mass is 19.4. The second-order valence-corrected chi connectivity index (χ2v) is 12.6. The number of benzene rings is 3. The van der Waals surface area contributed by atoms with E-state index in [0.29, 0.717) is 44.9 Å². The second-order valence-electron chi connectivity index (χ2n) is 12.6. The van der Waals surface area contributed by atoms with E-state index in [-0.39, 0.29) is 23.4 Å². The molecule has 1 N–H and O–H groups in total. The third-order valence-electron chi connectivity index (χ3n) is 9.23. The predicted molar refractivity (Wildman–Crippen MR) is 175 cm³/mol. The molecule has 49 heavy (non-hydrogen) atoms. The number of amides is 1.